The highest BCUT2D eigenvalue weighted by atomic mass is 32.2. The van der Waals surface area contributed by atoms with Gasteiger partial charge in [-0.15, -0.1) is 0 Å². The van der Waals surface area contributed by atoms with Crippen molar-refractivity contribution < 1.29 is 13.2 Å². The van der Waals surface area contributed by atoms with Crippen LogP contribution in [0.25, 0.3) is 0 Å². The SMILES string of the molecule is CC(=O)CCCN1CCSCC1S(C)(=O)=O. The Balaban J connectivity index is 2.51. The molecule has 0 aromatic rings. The van der Waals surface area contributed by atoms with Crippen LogP contribution in [0.15, 0.2) is 0 Å². The van der Waals surface area contributed by atoms with Gasteiger partial charge in [-0.05, 0) is 19.9 Å². The predicted molar refractivity (Wildman–Crippen MR) is 67.4 cm³/mol. The van der Waals surface area contributed by atoms with E-state index in [0.717, 1.165) is 18.7 Å². The number of hydrogen-bond acceptors (Lipinski definition) is 5. The highest BCUT2D eigenvalue weighted by Crippen LogP contribution is 2.20. The molecule has 0 spiro atoms. The van der Waals surface area contributed by atoms with Crippen molar-refractivity contribution in [3.8, 4) is 0 Å². The molecular formula is C10H19NO3S2. The zero-order chi connectivity index (χ0) is 12.2. The van der Waals surface area contributed by atoms with Gasteiger partial charge in [-0.1, -0.05) is 0 Å². The molecule has 1 fully saturated rings. The third-order valence-corrected chi connectivity index (χ3v) is 5.35. The fraction of sp³-hybridized carbons (Fsp3) is 0.900. The molecule has 1 heterocycles. The molecular weight excluding hydrogens is 246 g/mol. The summed E-state index contributed by atoms with van der Waals surface area (Å²) in [6.07, 6.45) is 2.59. The van der Waals surface area contributed by atoms with Gasteiger partial charge in [-0.2, -0.15) is 11.8 Å². The van der Waals surface area contributed by atoms with Gasteiger partial charge in [0.2, 0.25) is 0 Å². The molecule has 0 saturated carbocycles. The van der Waals surface area contributed by atoms with E-state index >= 15 is 0 Å². The Kier molecular flexibility index (Phi) is 5.27. The van der Waals surface area contributed by atoms with E-state index < -0.39 is 9.84 Å². The van der Waals surface area contributed by atoms with E-state index in [-0.39, 0.29) is 11.2 Å². The van der Waals surface area contributed by atoms with Crippen molar-refractivity contribution in [3.05, 3.63) is 0 Å². The second-order valence-electron chi connectivity index (χ2n) is 4.20. The van der Waals surface area contributed by atoms with Crippen molar-refractivity contribution in [1.29, 1.82) is 0 Å². The minimum Gasteiger partial charge on any atom is -0.300 e. The van der Waals surface area contributed by atoms with E-state index in [1.165, 1.54) is 6.26 Å². The highest BCUT2D eigenvalue weighted by molar-refractivity contribution is 8.00. The predicted octanol–water partition coefficient (Wildman–Crippen LogP) is 0.775. The Labute approximate surface area is 102 Å². The standard InChI is InChI=1S/C10H19NO3S2/c1-9(12)4-3-5-11-6-7-15-8-10(11)16(2,13)14/h10H,3-8H2,1-2H3. The Morgan fingerprint density at radius 1 is 1.50 bits per heavy atom. The van der Waals surface area contributed by atoms with Crippen LogP contribution in [0.2, 0.25) is 0 Å². The molecule has 0 bridgehead atoms. The number of carbonyl (C=O) groups is 1. The molecule has 0 aliphatic carbocycles. The minimum absolute atomic E-state index is 0.169. The molecule has 1 aliphatic heterocycles. The third-order valence-electron chi connectivity index (χ3n) is 2.66. The third kappa shape index (κ3) is 4.43. The summed E-state index contributed by atoms with van der Waals surface area (Å²) in [7, 11) is -3.01. The highest BCUT2D eigenvalue weighted by Gasteiger charge is 2.30. The van der Waals surface area contributed by atoms with Crippen LogP contribution in [0.4, 0.5) is 0 Å². The summed E-state index contributed by atoms with van der Waals surface area (Å²) >= 11 is 1.69. The van der Waals surface area contributed by atoms with Crippen molar-refractivity contribution in [2.24, 2.45) is 0 Å². The average molecular weight is 265 g/mol. The zero-order valence-corrected chi connectivity index (χ0v) is 11.4. The number of thioether (sulfide) groups is 1. The Hall–Kier alpha value is -0.0700. The first kappa shape index (κ1) is 14.0. The number of sulfone groups is 1. The molecule has 0 N–H and O–H groups in total. The summed E-state index contributed by atoms with van der Waals surface area (Å²) in [6.45, 7) is 3.08. The maximum Gasteiger partial charge on any atom is 0.164 e. The van der Waals surface area contributed by atoms with Crippen LogP contribution in [-0.4, -0.2) is 55.3 Å². The lowest BCUT2D eigenvalue weighted by atomic mass is 10.2. The number of nitrogens with zero attached hydrogens (tertiary/aromatic N) is 1. The maximum absolute atomic E-state index is 11.6. The van der Waals surface area contributed by atoms with Gasteiger partial charge in [0, 0.05) is 30.7 Å². The van der Waals surface area contributed by atoms with Crippen LogP contribution in [0.5, 0.6) is 0 Å². The largest absolute Gasteiger partial charge is 0.300 e. The van der Waals surface area contributed by atoms with E-state index in [1.807, 2.05) is 4.90 Å². The second kappa shape index (κ2) is 6.02. The van der Waals surface area contributed by atoms with Gasteiger partial charge >= 0.3 is 0 Å². The lowest BCUT2D eigenvalue weighted by Crippen LogP contribution is -2.47. The number of ketones is 1. The molecule has 1 aliphatic rings. The summed E-state index contributed by atoms with van der Waals surface area (Å²) in [6, 6.07) is 0. The first-order valence-corrected chi connectivity index (χ1v) is 8.52. The summed E-state index contributed by atoms with van der Waals surface area (Å²) in [5, 5.41) is -0.363. The lowest BCUT2D eigenvalue weighted by molar-refractivity contribution is -0.117. The van der Waals surface area contributed by atoms with Crippen molar-refractivity contribution in [1.82, 2.24) is 4.90 Å². The molecule has 1 unspecified atom stereocenters. The van der Waals surface area contributed by atoms with Gasteiger partial charge in [-0.3, -0.25) is 4.90 Å². The number of carbonyl (C=O) groups excluding carboxylic acids is 1. The first-order valence-electron chi connectivity index (χ1n) is 5.41. The summed E-state index contributed by atoms with van der Waals surface area (Å²) in [4.78, 5) is 12.8. The van der Waals surface area contributed by atoms with Crippen LogP contribution in [0, 0.1) is 0 Å². The first-order chi connectivity index (χ1) is 7.41. The fourth-order valence-corrected chi connectivity index (χ4v) is 4.77. The normalized spacial score (nSPS) is 23.2. The minimum atomic E-state index is -3.01. The van der Waals surface area contributed by atoms with Crippen LogP contribution in [0.3, 0.4) is 0 Å². The van der Waals surface area contributed by atoms with Crippen LogP contribution in [0.1, 0.15) is 19.8 Å². The number of Topliss-reactive ketones (excluding diaryl/α,β-unsaturated/α-hetero) is 1. The van der Waals surface area contributed by atoms with E-state index in [1.54, 1.807) is 18.7 Å². The molecule has 1 saturated heterocycles. The molecule has 6 heteroatoms. The Bertz CT molecular complexity index is 340. The van der Waals surface area contributed by atoms with Gasteiger partial charge in [0.1, 0.15) is 11.2 Å². The van der Waals surface area contributed by atoms with Crippen molar-refractivity contribution in [3.63, 3.8) is 0 Å². The molecule has 0 radical (unpaired) electrons. The average Bonchev–Trinajstić information content (AvgIpc) is 2.16. The summed E-state index contributed by atoms with van der Waals surface area (Å²) in [5.41, 5.74) is 0. The molecule has 0 amide bonds. The van der Waals surface area contributed by atoms with Crippen LogP contribution in [-0.2, 0) is 14.6 Å². The molecule has 0 aromatic heterocycles. The summed E-state index contributed by atoms with van der Waals surface area (Å²) < 4.78 is 23.1. The van der Waals surface area contributed by atoms with E-state index in [2.05, 4.69) is 0 Å². The van der Waals surface area contributed by atoms with Crippen LogP contribution < -0.4 is 0 Å². The van der Waals surface area contributed by atoms with Gasteiger partial charge in [0.05, 0.1) is 0 Å². The van der Waals surface area contributed by atoms with Gasteiger partial charge in [0.15, 0.2) is 9.84 Å². The van der Waals surface area contributed by atoms with E-state index in [9.17, 15) is 13.2 Å². The lowest BCUT2D eigenvalue weighted by Gasteiger charge is -2.33. The second-order valence-corrected chi connectivity index (χ2v) is 7.55. The van der Waals surface area contributed by atoms with Crippen molar-refractivity contribution >= 4 is 27.4 Å². The molecule has 16 heavy (non-hydrogen) atoms. The molecule has 1 atom stereocenters. The maximum atomic E-state index is 11.6. The van der Waals surface area contributed by atoms with Crippen LogP contribution >= 0.6 is 11.8 Å². The van der Waals surface area contributed by atoms with Crippen molar-refractivity contribution in [2.75, 3.05) is 30.9 Å². The van der Waals surface area contributed by atoms with E-state index in [0.29, 0.717) is 18.7 Å². The molecule has 4 nitrogen and oxygen atoms in total. The Morgan fingerprint density at radius 3 is 2.75 bits per heavy atom. The monoisotopic (exact) mass is 265 g/mol. The quantitative estimate of drug-likeness (QED) is 0.735. The fourth-order valence-electron chi connectivity index (χ4n) is 1.80. The van der Waals surface area contributed by atoms with E-state index in [4.69, 9.17) is 0 Å². The van der Waals surface area contributed by atoms with Gasteiger partial charge < -0.3 is 4.79 Å². The van der Waals surface area contributed by atoms with Gasteiger partial charge in [0.25, 0.3) is 0 Å². The Morgan fingerprint density at radius 2 is 2.19 bits per heavy atom. The topological polar surface area (TPSA) is 54.5 Å². The smallest absolute Gasteiger partial charge is 0.164 e. The zero-order valence-electron chi connectivity index (χ0n) is 9.81. The van der Waals surface area contributed by atoms with Crippen molar-refractivity contribution in [2.45, 2.75) is 25.1 Å². The molecule has 94 valence electrons. The number of rotatable bonds is 5. The summed E-state index contributed by atoms with van der Waals surface area (Å²) in [5.74, 6) is 1.80. The number of hydrogen-bond donors (Lipinski definition) is 0. The van der Waals surface area contributed by atoms with Gasteiger partial charge in [-0.25, -0.2) is 8.42 Å². The molecule has 0 aromatic carbocycles. The molecule has 1 rings (SSSR count).